The Hall–Kier alpha value is -2.37. The molecule has 0 aliphatic rings. The molecule has 0 atom stereocenters. The van der Waals surface area contributed by atoms with E-state index in [9.17, 15) is 4.79 Å². The van der Waals surface area contributed by atoms with Gasteiger partial charge in [-0.25, -0.2) is 4.98 Å². The average Bonchev–Trinajstić information content (AvgIpc) is 2.54. The van der Waals surface area contributed by atoms with Crippen LogP contribution in [0.4, 0.5) is 11.5 Å². The highest BCUT2D eigenvalue weighted by Crippen LogP contribution is 2.12. The number of amides is 1. The van der Waals surface area contributed by atoms with E-state index in [4.69, 9.17) is 16.7 Å². The van der Waals surface area contributed by atoms with E-state index < -0.39 is 0 Å². The molecular weight excluding hydrogens is 302 g/mol. The third-order valence-electron chi connectivity index (χ3n) is 2.75. The second-order valence-electron chi connectivity index (χ2n) is 4.46. The zero-order valence-electron chi connectivity index (χ0n) is 11.8. The van der Waals surface area contributed by atoms with Crippen molar-refractivity contribution >= 4 is 35.1 Å². The van der Waals surface area contributed by atoms with Gasteiger partial charge in [-0.05, 0) is 35.9 Å². The Balaban J connectivity index is 1.89. The van der Waals surface area contributed by atoms with Crippen molar-refractivity contribution in [1.29, 1.82) is 0 Å². The summed E-state index contributed by atoms with van der Waals surface area (Å²) < 4.78 is 0. The van der Waals surface area contributed by atoms with Gasteiger partial charge in [-0.3, -0.25) is 4.79 Å². The molecule has 1 heterocycles. The minimum absolute atomic E-state index is 0.0374. The van der Waals surface area contributed by atoms with Crippen molar-refractivity contribution in [3.8, 4) is 0 Å². The number of nitrogens with one attached hydrogen (secondary N) is 2. The third-order valence-corrected chi connectivity index (χ3v) is 3.00. The fourth-order valence-corrected chi connectivity index (χ4v) is 1.81. The Kier molecular flexibility index (Phi) is 5.94. The van der Waals surface area contributed by atoms with Crippen molar-refractivity contribution in [1.82, 2.24) is 4.98 Å². The molecule has 0 radical (unpaired) electrons. The molecule has 114 valence electrons. The van der Waals surface area contributed by atoms with Gasteiger partial charge in [0.2, 0.25) is 5.91 Å². The van der Waals surface area contributed by atoms with Crippen molar-refractivity contribution < 1.29 is 9.90 Å². The van der Waals surface area contributed by atoms with Crippen molar-refractivity contribution in [2.75, 3.05) is 23.8 Å². The maximum absolute atomic E-state index is 11.8. The molecule has 0 unspecified atom stereocenters. The van der Waals surface area contributed by atoms with Gasteiger partial charge in [0.05, 0.1) is 18.5 Å². The highest BCUT2D eigenvalue weighted by Gasteiger charge is 1.99. The molecule has 0 fully saturated rings. The second-order valence-corrected chi connectivity index (χ2v) is 4.89. The molecule has 1 amide bonds. The van der Waals surface area contributed by atoms with Crippen molar-refractivity contribution in [3.05, 3.63) is 59.3 Å². The first-order chi connectivity index (χ1) is 10.7. The third kappa shape index (κ3) is 5.20. The molecule has 0 saturated heterocycles. The number of pyridine rings is 1. The normalized spacial score (nSPS) is 10.6. The Bertz CT molecular complexity index is 639. The van der Waals surface area contributed by atoms with E-state index in [1.807, 2.05) is 12.1 Å². The van der Waals surface area contributed by atoms with Crippen LogP contribution in [0, 0.1) is 0 Å². The summed E-state index contributed by atoms with van der Waals surface area (Å²) in [4.78, 5) is 15.9. The summed E-state index contributed by atoms with van der Waals surface area (Å²) in [7, 11) is 0. The van der Waals surface area contributed by atoms with E-state index in [0.29, 0.717) is 23.1 Å². The van der Waals surface area contributed by atoms with Gasteiger partial charge < -0.3 is 15.7 Å². The van der Waals surface area contributed by atoms with E-state index in [0.717, 1.165) is 5.56 Å². The molecule has 22 heavy (non-hydrogen) atoms. The maximum Gasteiger partial charge on any atom is 0.248 e. The van der Waals surface area contributed by atoms with Gasteiger partial charge in [0.1, 0.15) is 5.82 Å². The fraction of sp³-hybridized carbons (Fsp3) is 0.125. The van der Waals surface area contributed by atoms with Crippen LogP contribution < -0.4 is 10.6 Å². The summed E-state index contributed by atoms with van der Waals surface area (Å²) in [6, 6.07) is 10.7. The van der Waals surface area contributed by atoms with Gasteiger partial charge in [0.15, 0.2) is 0 Å². The monoisotopic (exact) mass is 317 g/mol. The van der Waals surface area contributed by atoms with Gasteiger partial charge >= 0.3 is 0 Å². The lowest BCUT2D eigenvalue weighted by Crippen LogP contribution is -2.09. The number of carbonyl (C=O) groups is 1. The first-order valence-corrected chi connectivity index (χ1v) is 7.10. The number of hydrogen-bond donors (Lipinski definition) is 3. The standard InChI is InChI=1S/C16H16ClN3O2/c17-13-4-1-12(2-5-13)3-8-16(22)20-14-6-7-15(19-11-14)18-9-10-21/h1-8,11,21H,9-10H2,(H,18,19)(H,20,22)/b8-3+. The zero-order chi connectivity index (χ0) is 15.8. The SMILES string of the molecule is O=C(/C=C/c1ccc(Cl)cc1)Nc1ccc(NCCO)nc1. The van der Waals surface area contributed by atoms with Crippen LogP contribution in [0.2, 0.25) is 5.02 Å². The number of anilines is 2. The van der Waals surface area contributed by atoms with Gasteiger partial charge in [0.25, 0.3) is 0 Å². The Morgan fingerprint density at radius 3 is 2.64 bits per heavy atom. The highest BCUT2D eigenvalue weighted by molar-refractivity contribution is 6.30. The first kappa shape index (κ1) is 16.0. The number of aliphatic hydroxyl groups excluding tert-OH is 1. The van der Waals surface area contributed by atoms with Crippen molar-refractivity contribution in [2.45, 2.75) is 0 Å². The fourth-order valence-electron chi connectivity index (χ4n) is 1.69. The smallest absolute Gasteiger partial charge is 0.248 e. The molecule has 0 aliphatic carbocycles. The van der Waals surface area contributed by atoms with E-state index in [-0.39, 0.29) is 12.5 Å². The lowest BCUT2D eigenvalue weighted by atomic mass is 10.2. The van der Waals surface area contributed by atoms with Gasteiger partial charge in [-0.15, -0.1) is 0 Å². The van der Waals surface area contributed by atoms with Crippen LogP contribution in [0.25, 0.3) is 6.08 Å². The minimum Gasteiger partial charge on any atom is -0.395 e. The van der Waals surface area contributed by atoms with Gasteiger partial charge in [-0.1, -0.05) is 23.7 Å². The predicted molar refractivity (Wildman–Crippen MR) is 88.9 cm³/mol. The van der Waals surface area contributed by atoms with Crippen LogP contribution in [0.5, 0.6) is 0 Å². The second kappa shape index (κ2) is 8.17. The number of halogens is 1. The molecule has 1 aromatic heterocycles. The van der Waals surface area contributed by atoms with E-state index in [1.54, 1.807) is 36.5 Å². The quantitative estimate of drug-likeness (QED) is 0.716. The predicted octanol–water partition coefficient (Wildman–Crippen LogP) is 2.79. The van der Waals surface area contributed by atoms with Gasteiger partial charge in [-0.2, -0.15) is 0 Å². The van der Waals surface area contributed by atoms with E-state index >= 15 is 0 Å². The van der Waals surface area contributed by atoms with Crippen molar-refractivity contribution in [2.24, 2.45) is 0 Å². The average molecular weight is 318 g/mol. The Morgan fingerprint density at radius 1 is 1.23 bits per heavy atom. The van der Waals surface area contributed by atoms with E-state index in [2.05, 4.69) is 15.6 Å². The number of hydrogen-bond acceptors (Lipinski definition) is 4. The Morgan fingerprint density at radius 2 is 2.00 bits per heavy atom. The minimum atomic E-state index is -0.243. The summed E-state index contributed by atoms with van der Waals surface area (Å²) in [6.45, 7) is 0.470. The lowest BCUT2D eigenvalue weighted by Gasteiger charge is -2.05. The summed E-state index contributed by atoms with van der Waals surface area (Å²) in [5.74, 6) is 0.400. The number of aliphatic hydroxyl groups is 1. The summed E-state index contributed by atoms with van der Waals surface area (Å²) in [6.07, 6.45) is 4.70. The van der Waals surface area contributed by atoms with Crippen molar-refractivity contribution in [3.63, 3.8) is 0 Å². The number of rotatable bonds is 6. The first-order valence-electron chi connectivity index (χ1n) is 6.73. The van der Waals surface area contributed by atoms with E-state index in [1.165, 1.54) is 6.08 Å². The molecule has 6 heteroatoms. The number of benzene rings is 1. The molecule has 1 aromatic carbocycles. The molecule has 0 aliphatic heterocycles. The largest absolute Gasteiger partial charge is 0.395 e. The summed E-state index contributed by atoms with van der Waals surface area (Å²) in [5.41, 5.74) is 1.49. The number of nitrogens with zero attached hydrogens (tertiary/aromatic N) is 1. The van der Waals surface area contributed by atoms with Crippen LogP contribution >= 0.6 is 11.6 Å². The maximum atomic E-state index is 11.8. The Labute approximate surface area is 133 Å². The number of carbonyl (C=O) groups excluding carboxylic acids is 1. The molecule has 0 bridgehead atoms. The highest BCUT2D eigenvalue weighted by atomic mass is 35.5. The molecular formula is C16H16ClN3O2. The van der Waals surface area contributed by atoms with Crippen LogP contribution in [-0.2, 0) is 4.79 Å². The molecule has 3 N–H and O–H groups in total. The zero-order valence-corrected chi connectivity index (χ0v) is 12.5. The summed E-state index contributed by atoms with van der Waals surface area (Å²) >= 11 is 5.80. The molecule has 0 spiro atoms. The van der Waals surface area contributed by atoms with Crippen LogP contribution in [0.3, 0.4) is 0 Å². The topological polar surface area (TPSA) is 74.2 Å². The molecule has 2 rings (SSSR count). The lowest BCUT2D eigenvalue weighted by molar-refractivity contribution is -0.111. The molecule has 2 aromatic rings. The van der Waals surface area contributed by atoms with Crippen LogP contribution in [0.1, 0.15) is 5.56 Å². The number of aromatic nitrogens is 1. The van der Waals surface area contributed by atoms with Crippen LogP contribution in [0.15, 0.2) is 48.7 Å². The molecule has 0 saturated carbocycles. The van der Waals surface area contributed by atoms with Gasteiger partial charge in [0, 0.05) is 17.6 Å². The summed E-state index contributed by atoms with van der Waals surface area (Å²) in [5, 5.41) is 15.0. The van der Waals surface area contributed by atoms with Crippen LogP contribution in [-0.4, -0.2) is 29.1 Å². The molecule has 5 nitrogen and oxygen atoms in total.